The Balaban J connectivity index is 1.69. The summed E-state index contributed by atoms with van der Waals surface area (Å²) in [5.74, 6) is -0.758. The number of piperidine rings is 1. The van der Waals surface area contributed by atoms with Crippen molar-refractivity contribution in [1.29, 1.82) is 0 Å². The van der Waals surface area contributed by atoms with Gasteiger partial charge in [0.1, 0.15) is 11.4 Å². The molecule has 2 N–H and O–H groups in total. The molecule has 1 atom stereocenters. The van der Waals surface area contributed by atoms with Crippen molar-refractivity contribution in [3.05, 3.63) is 65.4 Å². The van der Waals surface area contributed by atoms with E-state index in [2.05, 4.69) is 15.0 Å². The summed E-state index contributed by atoms with van der Waals surface area (Å²) in [6.07, 6.45) is 6.41. The number of halogens is 1. The average molecular weight is 353 g/mol. The quantitative estimate of drug-likeness (QED) is 0.782. The number of amides is 1. The molecule has 0 bridgehead atoms. The van der Waals surface area contributed by atoms with Crippen molar-refractivity contribution in [1.82, 2.24) is 19.5 Å². The van der Waals surface area contributed by atoms with Crippen molar-refractivity contribution in [2.24, 2.45) is 5.73 Å². The highest BCUT2D eigenvalue weighted by Crippen LogP contribution is 2.32. The summed E-state index contributed by atoms with van der Waals surface area (Å²) < 4.78 is 14.9. The number of rotatable bonds is 4. The van der Waals surface area contributed by atoms with Crippen LogP contribution in [0.3, 0.4) is 0 Å². The molecule has 1 aliphatic heterocycles. The molecule has 6 nitrogen and oxygen atoms in total. The first-order valence-corrected chi connectivity index (χ1v) is 8.74. The summed E-state index contributed by atoms with van der Waals surface area (Å²) >= 11 is 0. The van der Waals surface area contributed by atoms with Crippen molar-refractivity contribution in [3.8, 4) is 0 Å². The van der Waals surface area contributed by atoms with Crippen LogP contribution >= 0.6 is 0 Å². The Bertz CT molecular complexity index is 937. The number of nitrogens with zero attached hydrogens (tertiary/aromatic N) is 4. The summed E-state index contributed by atoms with van der Waals surface area (Å²) in [4.78, 5) is 18.2. The lowest BCUT2D eigenvalue weighted by atomic mass is 9.98. The third-order valence-corrected chi connectivity index (χ3v) is 4.95. The Hall–Kier alpha value is -2.80. The summed E-state index contributed by atoms with van der Waals surface area (Å²) in [5.41, 5.74) is 8.30. The van der Waals surface area contributed by atoms with Crippen LogP contribution in [0.1, 0.15) is 46.9 Å². The first-order chi connectivity index (χ1) is 12.6. The largest absolute Gasteiger partial charge is 0.365 e. The number of fused-ring (bicyclic) bond motifs is 1. The number of nitrogens with two attached hydrogens (primary N) is 1. The number of primary amides is 1. The molecule has 1 fully saturated rings. The maximum atomic E-state index is 13.2. The number of hydrogen-bond donors (Lipinski definition) is 1. The van der Waals surface area contributed by atoms with Crippen LogP contribution in [-0.4, -0.2) is 31.9 Å². The first kappa shape index (κ1) is 16.7. The van der Waals surface area contributed by atoms with Crippen LogP contribution < -0.4 is 5.73 Å². The smallest absolute Gasteiger partial charge is 0.254 e. The van der Waals surface area contributed by atoms with Gasteiger partial charge in [-0.15, -0.1) is 0 Å². The van der Waals surface area contributed by atoms with Gasteiger partial charge in [0.15, 0.2) is 5.65 Å². The maximum absolute atomic E-state index is 13.2. The second kappa shape index (κ2) is 6.84. The molecule has 3 aromatic rings. The van der Waals surface area contributed by atoms with Gasteiger partial charge in [0, 0.05) is 12.7 Å². The SMILES string of the molecule is NC(=O)c1cnn2c([C@H]3CCCCN3Cc3ccc(F)cc3)ccnc12. The van der Waals surface area contributed by atoms with Gasteiger partial charge in [-0.25, -0.2) is 13.9 Å². The lowest BCUT2D eigenvalue weighted by molar-refractivity contribution is 0.100. The molecule has 1 amide bonds. The van der Waals surface area contributed by atoms with E-state index in [1.807, 2.05) is 18.2 Å². The summed E-state index contributed by atoms with van der Waals surface area (Å²) in [6.45, 7) is 1.69. The van der Waals surface area contributed by atoms with Gasteiger partial charge < -0.3 is 5.73 Å². The highest BCUT2D eigenvalue weighted by molar-refractivity contribution is 5.98. The van der Waals surface area contributed by atoms with Gasteiger partial charge in [0.05, 0.1) is 17.9 Å². The van der Waals surface area contributed by atoms with Crippen LogP contribution in [0, 0.1) is 5.82 Å². The second-order valence-corrected chi connectivity index (χ2v) is 6.64. The van der Waals surface area contributed by atoms with Crippen molar-refractivity contribution in [2.45, 2.75) is 31.8 Å². The maximum Gasteiger partial charge on any atom is 0.254 e. The first-order valence-electron chi connectivity index (χ1n) is 8.74. The van der Waals surface area contributed by atoms with E-state index in [1.165, 1.54) is 18.3 Å². The van der Waals surface area contributed by atoms with Gasteiger partial charge in [-0.1, -0.05) is 18.6 Å². The number of hydrogen-bond acceptors (Lipinski definition) is 4. The molecule has 0 saturated carbocycles. The summed E-state index contributed by atoms with van der Waals surface area (Å²) in [6, 6.07) is 8.72. The molecule has 4 rings (SSSR count). The lowest BCUT2D eigenvalue weighted by Gasteiger charge is -2.36. The van der Waals surface area contributed by atoms with Crippen molar-refractivity contribution < 1.29 is 9.18 Å². The third kappa shape index (κ3) is 3.06. The molecule has 0 unspecified atom stereocenters. The molecule has 3 heterocycles. The molecule has 26 heavy (non-hydrogen) atoms. The number of carbonyl (C=O) groups excluding carboxylic acids is 1. The zero-order valence-electron chi connectivity index (χ0n) is 14.3. The standard InChI is InChI=1S/C19H20FN5O/c20-14-6-4-13(5-7-14)12-24-10-2-1-3-16(24)17-8-9-22-19-15(18(21)26)11-23-25(17)19/h4-9,11,16H,1-3,10,12H2,(H2,21,26)/t16-/m1/s1. The van der Waals surface area contributed by atoms with Crippen molar-refractivity contribution in [3.63, 3.8) is 0 Å². The van der Waals surface area contributed by atoms with E-state index in [0.717, 1.165) is 43.6 Å². The second-order valence-electron chi connectivity index (χ2n) is 6.64. The Morgan fingerprint density at radius 1 is 1.23 bits per heavy atom. The van der Waals surface area contributed by atoms with Gasteiger partial charge in [-0.3, -0.25) is 9.69 Å². The van der Waals surface area contributed by atoms with Crippen LogP contribution in [0.2, 0.25) is 0 Å². The summed E-state index contributed by atoms with van der Waals surface area (Å²) in [7, 11) is 0. The Labute approximate surface area is 150 Å². The zero-order valence-corrected chi connectivity index (χ0v) is 14.3. The fraction of sp³-hybridized carbons (Fsp3) is 0.316. The van der Waals surface area contributed by atoms with Crippen LogP contribution in [0.15, 0.2) is 42.7 Å². The van der Waals surface area contributed by atoms with Gasteiger partial charge in [0.25, 0.3) is 5.91 Å². The fourth-order valence-corrected chi connectivity index (χ4v) is 3.68. The number of likely N-dealkylation sites (tertiary alicyclic amines) is 1. The molecular formula is C19H20FN5O. The minimum Gasteiger partial charge on any atom is -0.365 e. The highest BCUT2D eigenvalue weighted by Gasteiger charge is 2.27. The van der Waals surface area contributed by atoms with Crippen molar-refractivity contribution >= 4 is 11.6 Å². The van der Waals surface area contributed by atoms with Crippen LogP contribution in [0.4, 0.5) is 4.39 Å². The molecule has 1 aromatic carbocycles. The minimum atomic E-state index is -0.531. The van der Waals surface area contributed by atoms with Gasteiger partial charge >= 0.3 is 0 Å². The topological polar surface area (TPSA) is 76.5 Å². The van der Waals surface area contributed by atoms with E-state index in [9.17, 15) is 9.18 Å². The monoisotopic (exact) mass is 353 g/mol. The highest BCUT2D eigenvalue weighted by atomic mass is 19.1. The predicted molar refractivity (Wildman–Crippen MR) is 94.9 cm³/mol. The Morgan fingerprint density at radius 3 is 2.81 bits per heavy atom. The predicted octanol–water partition coefficient (Wildman–Crippen LogP) is 2.69. The van der Waals surface area contributed by atoms with E-state index >= 15 is 0 Å². The average Bonchev–Trinajstić information content (AvgIpc) is 3.09. The van der Waals surface area contributed by atoms with Gasteiger partial charge in [-0.2, -0.15) is 5.10 Å². The molecule has 7 heteroatoms. The van der Waals surface area contributed by atoms with Crippen LogP contribution in [0.5, 0.6) is 0 Å². The number of benzene rings is 1. The molecule has 2 aromatic heterocycles. The van der Waals surface area contributed by atoms with Crippen molar-refractivity contribution in [2.75, 3.05) is 6.54 Å². The lowest BCUT2D eigenvalue weighted by Crippen LogP contribution is -2.34. The Morgan fingerprint density at radius 2 is 2.04 bits per heavy atom. The van der Waals surface area contributed by atoms with Gasteiger partial charge in [0.2, 0.25) is 0 Å². The van der Waals surface area contributed by atoms with E-state index in [0.29, 0.717) is 11.2 Å². The molecular weight excluding hydrogens is 333 g/mol. The van der Waals surface area contributed by atoms with E-state index in [1.54, 1.807) is 10.7 Å². The van der Waals surface area contributed by atoms with E-state index in [4.69, 9.17) is 5.73 Å². The van der Waals surface area contributed by atoms with Crippen LogP contribution in [-0.2, 0) is 6.54 Å². The molecule has 1 saturated heterocycles. The molecule has 0 radical (unpaired) electrons. The number of aromatic nitrogens is 3. The molecule has 1 aliphatic rings. The third-order valence-electron chi connectivity index (χ3n) is 4.95. The zero-order chi connectivity index (χ0) is 18.1. The summed E-state index contributed by atoms with van der Waals surface area (Å²) in [5, 5.41) is 4.35. The van der Waals surface area contributed by atoms with Gasteiger partial charge in [-0.05, 0) is 43.1 Å². The van der Waals surface area contributed by atoms with E-state index in [-0.39, 0.29) is 11.9 Å². The number of carbonyl (C=O) groups is 1. The minimum absolute atomic E-state index is 0.153. The molecule has 0 aliphatic carbocycles. The fourth-order valence-electron chi connectivity index (χ4n) is 3.68. The molecule has 134 valence electrons. The normalized spacial score (nSPS) is 18.3. The molecule has 0 spiro atoms. The van der Waals surface area contributed by atoms with E-state index < -0.39 is 5.91 Å². The van der Waals surface area contributed by atoms with Crippen LogP contribution in [0.25, 0.3) is 5.65 Å². The Kier molecular flexibility index (Phi) is 4.38.